The number of sulfonamides is 1. The van der Waals surface area contributed by atoms with E-state index in [1.54, 1.807) is 31.2 Å². The number of halogens is 3. The van der Waals surface area contributed by atoms with Gasteiger partial charge >= 0.3 is 5.97 Å². The molecule has 0 bridgehead atoms. The van der Waals surface area contributed by atoms with Crippen LogP contribution in [-0.4, -0.2) is 27.4 Å². The van der Waals surface area contributed by atoms with Crippen molar-refractivity contribution in [1.82, 2.24) is 4.72 Å². The van der Waals surface area contributed by atoms with Gasteiger partial charge in [-0.1, -0.05) is 34.8 Å². The standard InChI is InChI=1S/C25H19Cl3N2O6S/c1-14-23(25(32)35-2)20(24(31)30(14)16-5-10-21(27)22(28)11-16)12-17-6-7-18(36-17)13-29-37(33,34)19-8-3-15(26)4-9-19/h3-12,29H,13H2,1-2H3/b20-12+. The van der Waals surface area contributed by atoms with Crippen molar-refractivity contribution in [3.8, 4) is 0 Å². The number of esters is 1. The van der Waals surface area contributed by atoms with Crippen molar-refractivity contribution in [3.05, 3.63) is 98.0 Å². The molecule has 3 aromatic rings. The van der Waals surface area contributed by atoms with Crippen molar-refractivity contribution in [2.24, 2.45) is 0 Å². The Morgan fingerprint density at radius 3 is 2.41 bits per heavy atom. The summed E-state index contributed by atoms with van der Waals surface area (Å²) in [4.78, 5) is 27.3. The maximum atomic E-state index is 13.4. The van der Waals surface area contributed by atoms with Gasteiger partial charge < -0.3 is 9.15 Å². The van der Waals surface area contributed by atoms with Gasteiger partial charge in [-0.05, 0) is 67.6 Å². The Bertz CT molecular complexity index is 1560. The second-order valence-electron chi connectivity index (χ2n) is 7.83. The predicted molar refractivity (Wildman–Crippen MR) is 141 cm³/mol. The number of hydrogen-bond acceptors (Lipinski definition) is 6. The first-order valence-corrected chi connectivity index (χ1v) is 13.3. The van der Waals surface area contributed by atoms with Crippen LogP contribution in [0.4, 0.5) is 5.69 Å². The summed E-state index contributed by atoms with van der Waals surface area (Å²) in [6.45, 7) is 1.46. The van der Waals surface area contributed by atoms with Crippen LogP contribution in [0.5, 0.6) is 0 Å². The number of nitrogens with zero attached hydrogens (tertiary/aromatic N) is 1. The van der Waals surface area contributed by atoms with Gasteiger partial charge in [0.15, 0.2) is 0 Å². The molecular formula is C25H19Cl3N2O6S. The zero-order valence-corrected chi connectivity index (χ0v) is 22.5. The Balaban J connectivity index is 1.61. The fourth-order valence-corrected chi connectivity index (χ4v) is 5.10. The van der Waals surface area contributed by atoms with Crippen LogP contribution in [0.1, 0.15) is 18.4 Å². The number of amides is 1. The van der Waals surface area contributed by atoms with Crippen molar-refractivity contribution >= 4 is 68.5 Å². The van der Waals surface area contributed by atoms with Gasteiger partial charge in [-0.2, -0.15) is 0 Å². The first-order chi connectivity index (χ1) is 17.5. The van der Waals surface area contributed by atoms with Crippen LogP contribution in [0.3, 0.4) is 0 Å². The normalized spacial score (nSPS) is 15.1. The van der Waals surface area contributed by atoms with E-state index in [4.69, 9.17) is 44.0 Å². The number of benzene rings is 2. The minimum atomic E-state index is -3.81. The average Bonchev–Trinajstić information content (AvgIpc) is 3.41. The molecule has 192 valence electrons. The van der Waals surface area contributed by atoms with E-state index in [0.29, 0.717) is 21.4 Å². The van der Waals surface area contributed by atoms with E-state index in [9.17, 15) is 18.0 Å². The quantitative estimate of drug-likeness (QED) is 0.288. The van der Waals surface area contributed by atoms with Gasteiger partial charge in [0.05, 0.1) is 45.4 Å². The molecule has 1 amide bonds. The molecule has 0 radical (unpaired) electrons. The van der Waals surface area contributed by atoms with Crippen LogP contribution >= 0.6 is 34.8 Å². The molecule has 12 heteroatoms. The van der Waals surface area contributed by atoms with E-state index in [1.165, 1.54) is 48.4 Å². The summed E-state index contributed by atoms with van der Waals surface area (Å²) in [6, 6.07) is 13.5. The van der Waals surface area contributed by atoms with E-state index in [2.05, 4.69) is 4.72 Å². The molecule has 0 aliphatic carbocycles. The predicted octanol–water partition coefficient (Wildman–Crippen LogP) is 5.60. The highest BCUT2D eigenvalue weighted by atomic mass is 35.5. The first kappa shape index (κ1) is 27.0. The number of hydrogen-bond donors (Lipinski definition) is 1. The van der Waals surface area contributed by atoms with E-state index in [0.717, 1.165) is 0 Å². The lowest BCUT2D eigenvalue weighted by atomic mass is 10.1. The lowest BCUT2D eigenvalue weighted by molar-refractivity contribution is -0.136. The molecule has 0 unspecified atom stereocenters. The fraction of sp³-hybridized carbons (Fsp3) is 0.120. The summed E-state index contributed by atoms with van der Waals surface area (Å²) in [5, 5.41) is 0.975. The molecule has 2 heterocycles. The number of carbonyl (C=O) groups excluding carboxylic acids is 2. The van der Waals surface area contributed by atoms with Crippen LogP contribution in [-0.2, 0) is 30.9 Å². The first-order valence-electron chi connectivity index (χ1n) is 10.7. The summed E-state index contributed by atoms with van der Waals surface area (Å²) in [6.07, 6.45) is 1.40. The van der Waals surface area contributed by atoms with E-state index < -0.39 is 21.9 Å². The summed E-state index contributed by atoms with van der Waals surface area (Å²) in [7, 11) is -2.59. The highest BCUT2D eigenvalue weighted by molar-refractivity contribution is 7.89. The fourth-order valence-electron chi connectivity index (χ4n) is 3.69. The summed E-state index contributed by atoms with van der Waals surface area (Å²) >= 11 is 17.9. The zero-order chi connectivity index (χ0) is 26.9. The molecule has 0 spiro atoms. The van der Waals surface area contributed by atoms with Gasteiger partial charge in [0, 0.05) is 10.7 Å². The SMILES string of the molecule is COC(=O)C1=C(C)N(c2ccc(Cl)c(Cl)c2)C(=O)/C1=C/c1ccc(CNS(=O)(=O)c2ccc(Cl)cc2)o1. The highest BCUT2D eigenvalue weighted by Gasteiger charge is 2.38. The third kappa shape index (κ3) is 5.61. The van der Waals surface area contributed by atoms with Crippen molar-refractivity contribution in [3.63, 3.8) is 0 Å². The lowest BCUT2D eigenvalue weighted by Gasteiger charge is -2.18. The molecule has 0 fully saturated rings. The van der Waals surface area contributed by atoms with Gasteiger partial charge in [-0.15, -0.1) is 0 Å². The van der Waals surface area contributed by atoms with E-state index in [1.807, 2.05) is 0 Å². The Hall–Kier alpha value is -3.08. The van der Waals surface area contributed by atoms with Crippen LogP contribution in [0.2, 0.25) is 15.1 Å². The Morgan fingerprint density at radius 1 is 1.05 bits per heavy atom. The molecule has 4 rings (SSSR count). The van der Waals surface area contributed by atoms with Crippen molar-refractivity contribution in [2.75, 3.05) is 12.0 Å². The topological polar surface area (TPSA) is 106 Å². The molecule has 2 aromatic carbocycles. The Labute approximate surface area is 228 Å². The number of ether oxygens (including phenoxy) is 1. The number of allylic oxidation sites excluding steroid dienone is 1. The van der Waals surface area contributed by atoms with Gasteiger partial charge in [0.1, 0.15) is 11.5 Å². The van der Waals surface area contributed by atoms with Crippen molar-refractivity contribution in [1.29, 1.82) is 0 Å². The molecule has 1 aliphatic rings. The Morgan fingerprint density at radius 2 is 1.76 bits per heavy atom. The van der Waals surface area contributed by atoms with Crippen LogP contribution in [0.25, 0.3) is 6.08 Å². The summed E-state index contributed by atoms with van der Waals surface area (Å²) < 4.78 is 38.1. The minimum Gasteiger partial charge on any atom is -0.465 e. The Kier molecular flexibility index (Phi) is 7.82. The molecule has 1 aromatic heterocycles. The smallest absolute Gasteiger partial charge is 0.340 e. The average molecular weight is 582 g/mol. The van der Waals surface area contributed by atoms with Gasteiger partial charge in [-0.25, -0.2) is 17.9 Å². The molecule has 0 saturated heterocycles. The van der Waals surface area contributed by atoms with Crippen LogP contribution in [0, 0.1) is 0 Å². The van der Waals surface area contributed by atoms with Crippen molar-refractivity contribution in [2.45, 2.75) is 18.4 Å². The molecule has 0 atom stereocenters. The third-order valence-electron chi connectivity index (χ3n) is 5.48. The summed E-state index contributed by atoms with van der Waals surface area (Å²) in [5.74, 6) is -0.689. The second-order valence-corrected chi connectivity index (χ2v) is 10.8. The van der Waals surface area contributed by atoms with E-state index in [-0.39, 0.29) is 39.1 Å². The highest BCUT2D eigenvalue weighted by Crippen LogP contribution is 2.37. The monoisotopic (exact) mass is 580 g/mol. The zero-order valence-electron chi connectivity index (χ0n) is 19.4. The van der Waals surface area contributed by atoms with Gasteiger partial charge in [0.2, 0.25) is 10.0 Å². The number of anilines is 1. The molecule has 1 N–H and O–H groups in total. The van der Waals surface area contributed by atoms with Crippen LogP contribution in [0.15, 0.2) is 80.8 Å². The maximum absolute atomic E-state index is 13.4. The summed E-state index contributed by atoms with van der Waals surface area (Å²) in [5.41, 5.74) is 0.848. The number of nitrogens with one attached hydrogen (secondary N) is 1. The van der Waals surface area contributed by atoms with E-state index >= 15 is 0 Å². The molecule has 37 heavy (non-hydrogen) atoms. The van der Waals surface area contributed by atoms with Crippen molar-refractivity contribution < 1.29 is 27.2 Å². The van der Waals surface area contributed by atoms with Gasteiger partial charge in [0.25, 0.3) is 5.91 Å². The minimum absolute atomic E-state index is 0.0399. The number of carbonyl (C=O) groups is 2. The van der Waals surface area contributed by atoms with Crippen LogP contribution < -0.4 is 9.62 Å². The largest absolute Gasteiger partial charge is 0.465 e. The molecule has 0 saturated carbocycles. The number of rotatable bonds is 7. The molecule has 8 nitrogen and oxygen atoms in total. The maximum Gasteiger partial charge on any atom is 0.340 e. The van der Waals surface area contributed by atoms with Gasteiger partial charge in [-0.3, -0.25) is 9.69 Å². The number of furan rings is 1. The molecular weight excluding hydrogens is 563 g/mol. The third-order valence-corrected chi connectivity index (χ3v) is 7.89. The number of methoxy groups -OCH3 is 1. The second kappa shape index (κ2) is 10.7. The lowest BCUT2D eigenvalue weighted by Crippen LogP contribution is -2.24. The molecule has 1 aliphatic heterocycles.